The molecule has 0 saturated carbocycles. The van der Waals surface area contributed by atoms with E-state index in [4.69, 9.17) is 11.3 Å². The molecule has 0 aromatic heterocycles. The number of hydrogen-bond acceptors (Lipinski definition) is 2. The molecule has 4 nitrogen and oxygen atoms in total. The Labute approximate surface area is 107 Å². The molecule has 1 N–H and O–H groups in total. The maximum Gasteiger partial charge on any atom is 0.407 e. The molecule has 1 aliphatic heterocycles. The predicted octanol–water partition coefficient (Wildman–Crippen LogP) is 2.98. The predicted molar refractivity (Wildman–Crippen MR) is 60.7 cm³/mol. The van der Waals surface area contributed by atoms with Crippen LogP contribution in [0.3, 0.4) is 0 Å². The molecule has 1 atom stereocenters. The lowest BCUT2D eigenvalue weighted by molar-refractivity contribution is -0.136. The molecule has 0 unspecified atom stereocenters. The Bertz CT molecular complexity index is 571. The molecular formula is C12H9F3N2O2. The van der Waals surface area contributed by atoms with E-state index in [1.165, 1.54) is 6.07 Å². The number of epoxide rings is 1. The molecule has 1 saturated heterocycles. The maximum atomic E-state index is 12.7. The molecule has 1 aromatic rings. The first-order valence-corrected chi connectivity index (χ1v) is 5.30. The summed E-state index contributed by atoms with van der Waals surface area (Å²) >= 11 is 0. The largest absolute Gasteiger partial charge is 0.407 e. The van der Waals surface area contributed by atoms with Crippen molar-refractivity contribution in [1.82, 2.24) is 0 Å². The number of hydrogen-bond donors (Lipinski definition) is 1. The van der Waals surface area contributed by atoms with Crippen molar-refractivity contribution in [2.75, 3.05) is 11.9 Å². The van der Waals surface area contributed by atoms with Crippen molar-refractivity contribution >= 4 is 17.3 Å². The third-order valence-corrected chi connectivity index (χ3v) is 2.74. The quantitative estimate of drug-likeness (QED) is 0.663. The summed E-state index contributed by atoms with van der Waals surface area (Å²) in [7, 11) is 0. The van der Waals surface area contributed by atoms with Crippen LogP contribution in [0.25, 0.3) is 4.85 Å². The summed E-state index contributed by atoms with van der Waals surface area (Å²) in [6.45, 7) is 8.49. The normalized spacial score (nSPS) is 21.6. The molecule has 100 valence electrons. The van der Waals surface area contributed by atoms with Gasteiger partial charge >= 0.3 is 6.18 Å². The van der Waals surface area contributed by atoms with Crippen LogP contribution < -0.4 is 5.32 Å². The summed E-state index contributed by atoms with van der Waals surface area (Å²) in [6.07, 6.45) is -4.64. The lowest BCUT2D eigenvalue weighted by atomic mass is 10.1. The van der Waals surface area contributed by atoms with Crippen LogP contribution in [0.5, 0.6) is 0 Å². The summed E-state index contributed by atoms with van der Waals surface area (Å²) in [5.74, 6) is -0.504. The van der Waals surface area contributed by atoms with Gasteiger partial charge in [-0.25, -0.2) is 4.85 Å². The molecule has 19 heavy (non-hydrogen) atoms. The van der Waals surface area contributed by atoms with Crippen molar-refractivity contribution in [3.63, 3.8) is 0 Å². The van der Waals surface area contributed by atoms with Gasteiger partial charge in [-0.2, -0.15) is 13.2 Å². The molecule has 0 aliphatic carbocycles. The molecule has 0 spiro atoms. The van der Waals surface area contributed by atoms with Gasteiger partial charge in [-0.05, 0) is 19.1 Å². The van der Waals surface area contributed by atoms with E-state index in [1.54, 1.807) is 6.92 Å². The van der Waals surface area contributed by atoms with E-state index in [-0.39, 0.29) is 12.3 Å². The number of alkyl halides is 3. The Hall–Kier alpha value is -2.07. The van der Waals surface area contributed by atoms with Crippen LogP contribution in [-0.2, 0) is 15.7 Å². The van der Waals surface area contributed by atoms with Gasteiger partial charge in [0.05, 0.1) is 18.7 Å². The Balaban J connectivity index is 2.29. The fraction of sp³-hybridized carbons (Fsp3) is 0.333. The second-order valence-electron chi connectivity index (χ2n) is 4.32. The van der Waals surface area contributed by atoms with E-state index < -0.39 is 28.9 Å². The van der Waals surface area contributed by atoms with Gasteiger partial charge in [0.2, 0.25) is 0 Å². The number of rotatable bonds is 2. The zero-order valence-corrected chi connectivity index (χ0v) is 9.84. The molecule has 1 amide bonds. The third-order valence-electron chi connectivity index (χ3n) is 2.74. The number of amides is 1. The number of carbonyl (C=O) groups is 1. The number of ether oxygens (including phenoxy) is 1. The maximum absolute atomic E-state index is 12.7. The van der Waals surface area contributed by atoms with Crippen molar-refractivity contribution in [1.29, 1.82) is 0 Å². The zero-order chi connectivity index (χ0) is 14.3. The monoisotopic (exact) mass is 270 g/mol. The third kappa shape index (κ3) is 2.69. The Morgan fingerprint density at radius 3 is 2.63 bits per heavy atom. The van der Waals surface area contributed by atoms with Crippen LogP contribution in [0.2, 0.25) is 0 Å². The summed E-state index contributed by atoms with van der Waals surface area (Å²) in [5, 5.41) is 2.34. The van der Waals surface area contributed by atoms with Crippen LogP contribution in [0.4, 0.5) is 24.5 Å². The zero-order valence-electron chi connectivity index (χ0n) is 9.84. The van der Waals surface area contributed by atoms with E-state index in [1.807, 2.05) is 0 Å². The molecule has 1 heterocycles. The van der Waals surface area contributed by atoms with Gasteiger partial charge < -0.3 is 10.1 Å². The molecule has 2 rings (SSSR count). The van der Waals surface area contributed by atoms with Crippen LogP contribution in [0.15, 0.2) is 18.2 Å². The number of nitrogens with zero attached hydrogens (tertiary/aromatic N) is 1. The van der Waals surface area contributed by atoms with E-state index >= 15 is 0 Å². The summed E-state index contributed by atoms with van der Waals surface area (Å²) < 4.78 is 43.0. The van der Waals surface area contributed by atoms with E-state index in [2.05, 4.69) is 10.2 Å². The highest BCUT2D eigenvalue weighted by molar-refractivity contribution is 5.99. The summed E-state index contributed by atoms with van der Waals surface area (Å²) in [4.78, 5) is 14.4. The summed E-state index contributed by atoms with van der Waals surface area (Å²) in [5.41, 5.74) is -2.54. The second kappa shape index (κ2) is 4.24. The van der Waals surface area contributed by atoms with Crippen LogP contribution in [0, 0.1) is 6.57 Å². The lowest BCUT2D eigenvalue weighted by Crippen LogP contribution is -2.28. The van der Waals surface area contributed by atoms with Gasteiger partial charge in [-0.3, -0.25) is 4.79 Å². The molecule has 7 heteroatoms. The first kappa shape index (κ1) is 13.4. The average Bonchev–Trinajstić information content (AvgIpc) is 3.07. The van der Waals surface area contributed by atoms with Crippen molar-refractivity contribution in [2.45, 2.75) is 18.7 Å². The number of carbonyl (C=O) groups excluding carboxylic acids is 1. The Morgan fingerprint density at radius 1 is 1.53 bits per heavy atom. The highest BCUT2D eigenvalue weighted by Crippen LogP contribution is 2.38. The van der Waals surface area contributed by atoms with Crippen LogP contribution in [0.1, 0.15) is 12.5 Å². The molecule has 1 aromatic carbocycles. The second-order valence-corrected chi connectivity index (χ2v) is 4.32. The topological polar surface area (TPSA) is 46.0 Å². The minimum atomic E-state index is -4.64. The van der Waals surface area contributed by atoms with E-state index in [0.717, 1.165) is 12.1 Å². The fourth-order valence-electron chi connectivity index (χ4n) is 1.44. The summed E-state index contributed by atoms with van der Waals surface area (Å²) in [6, 6.07) is 3.03. The van der Waals surface area contributed by atoms with Gasteiger partial charge in [-0.1, -0.05) is 6.07 Å². The number of halogens is 3. The van der Waals surface area contributed by atoms with Crippen molar-refractivity contribution in [2.24, 2.45) is 0 Å². The first-order valence-electron chi connectivity index (χ1n) is 5.30. The highest BCUT2D eigenvalue weighted by Gasteiger charge is 2.47. The van der Waals surface area contributed by atoms with Gasteiger partial charge in [0.1, 0.15) is 0 Å². The van der Waals surface area contributed by atoms with Crippen molar-refractivity contribution < 1.29 is 22.7 Å². The number of nitrogens with one attached hydrogen (secondary N) is 1. The molecule has 0 bridgehead atoms. The van der Waals surface area contributed by atoms with Crippen LogP contribution >= 0.6 is 0 Å². The number of anilines is 1. The molecular weight excluding hydrogens is 261 g/mol. The van der Waals surface area contributed by atoms with Gasteiger partial charge in [0.25, 0.3) is 5.91 Å². The number of benzene rings is 1. The fourth-order valence-corrected chi connectivity index (χ4v) is 1.44. The SMILES string of the molecule is [C-]#[N+]c1ccc(NC(=O)[C@@]2(C)CO2)cc1C(F)(F)F. The Morgan fingerprint density at radius 2 is 2.16 bits per heavy atom. The minimum Gasteiger partial charge on any atom is -0.359 e. The highest BCUT2D eigenvalue weighted by atomic mass is 19.4. The lowest BCUT2D eigenvalue weighted by Gasteiger charge is -2.12. The van der Waals surface area contributed by atoms with Crippen molar-refractivity contribution in [3.8, 4) is 0 Å². The molecule has 1 fully saturated rings. The smallest absolute Gasteiger partial charge is 0.359 e. The van der Waals surface area contributed by atoms with E-state index in [9.17, 15) is 18.0 Å². The van der Waals surface area contributed by atoms with Gasteiger partial charge in [0, 0.05) is 5.69 Å². The van der Waals surface area contributed by atoms with Gasteiger partial charge in [0.15, 0.2) is 11.3 Å². The molecule has 1 aliphatic rings. The van der Waals surface area contributed by atoms with Gasteiger partial charge in [-0.15, -0.1) is 0 Å². The van der Waals surface area contributed by atoms with E-state index in [0.29, 0.717) is 0 Å². The first-order chi connectivity index (χ1) is 8.76. The van der Waals surface area contributed by atoms with Crippen LogP contribution in [-0.4, -0.2) is 18.1 Å². The Kier molecular flexibility index (Phi) is 2.98. The molecule has 0 radical (unpaired) electrons. The average molecular weight is 270 g/mol. The minimum absolute atomic E-state index is 0.0125. The standard InChI is InChI=1S/C12H9F3N2O2/c1-11(6-19-11)10(18)17-7-3-4-9(16-2)8(5-7)12(13,14)15/h3-5H,6H2,1H3,(H,17,18)/t11-/m1/s1. The van der Waals surface area contributed by atoms with Crippen molar-refractivity contribution in [3.05, 3.63) is 35.2 Å².